The van der Waals surface area contributed by atoms with Crippen molar-refractivity contribution in [1.82, 2.24) is 14.8 Å². The number of benzene rings is 1. The molecule has 0 saturated heterocycles. The maximum Gasteiger partial charge on any atom is 0.219 e. The summed E-state index contributed by atoms with van der Waals surface area (Å²) in [6, 6.07) is 9.52. The number of hydrogen-bond acceptors (Lipinski definition) is 3. The number of halogens is 2. The van der Waals surface area contributed by atoms with E-state index in [1.165, 1.54) is 12.1 Å². The van der Waals surface area contributed by atoms with E-state index in [0.717, 1.165) is 11.5 Å². The number of pyridine rings is 1. The molecule has 24 heavy (non-hydrogen) atoms. The van der Waals surface area contributed by atoms with Crippen molar-refractivity contribution >= 4 is 29.9 Å². The first kappa shape index (κ1) is 20.1. The topological polar surface area (TPSA) is 41.0 Å². The Bertz CT molecular complexity index is 647. The zero-order valence-electron chi connectivity index (χ0n) is 14.2. The number of rotatable bonds is 4. The van der Waals surface area contributed by atoms with Crippen LogP contribution >= 0.6 is 24.0 Å². The van der Waals surface area contributed by atoms with E-state index >= 15 is 0 Å². The lowest BCUT2D eigenvalue weighted by atomic mass is 10.3. The molecule has 0 aliphatic carbocycles. The molecule has 2 aromatic rings. The summed E-state index contributed by atoms with van der Waals surface area (Å²) in [6.45, 7) is 0.537. The summed E-state index contributed by atoms with van der Waals surface area (Å²) in [4.78, 5) is 12.7. The van der Waals surface area contributed by atoms with E-state index in [9.17, 15) is 4.39 Å². The molecule has 0 unspecified atom stereocenters. The van der Waals surface area contributed by atoms with Crippen molar-refractivity contribution in [3.05, 3.63) is 54.0 Å². The van der Waals surface area contributed by atoms with Crippen molar-refractivity contribution in [3.63, 3.8) is 0 Å². The first-order valence-corrected chi connectivity index (χ1v) is 7.23. The van der Waals surface area contributed by atoms with Gasteiger partial charge < -0.3 is 14.5 Å². The maximum atomic E-state index is 12.9. The molecule has 0 radical (unpaired) electrons. The molecule has 0 amide bonds. The summed E-state index contributed by atoms with van der Waals surface area (Å²) in [7, 11) is 7.82. The first-order chi connectivity index (χ1) is 11.0. The van der Waals surface area contributed by atoms with E-state index in [2.05, 4.69) is 9.98 Å². The lowest BCUT2D eigenvalue weighted by Crippen LogP contribution is -2.35. The fourth-order valence-corrected chi connectivity index (χ4v) is 2.03. The van der Waals surface area contributed by atoms with Crippen molar-refractivity contribution in [2.24, 2.45) is 4.99 Å². The van der Waals surface area contributed by atoms with Crippen molar-refractivity contribution in [2.75, 3.05) is 28.2 Å². The number of nitrogens with zero attached hydrogens (tertiary/aromatic N) is 4. The van der Waals surface area contributed by atoms with Gasteiger partial charge in [-0.15, -0.1) is 24.0 Å². The second-order valence-electron chi connectivity index (χ2n) is 5.47. The Kier molecular flexibility index (Phi) is 7.90. The summed E-state index contributed by atoms with van der Waals surface area (Å²) in [6.07, 6.45) is 1.73. The van der Waals surface area contributed by atoms with Crippen molar-refractivity contribution < 1.29 is 9.13 Å². The summed E-state index contributed by atoms with van der Waals surface area (Å²) in [5.41, 5.74) is 0.984. The Hall–Kier alpha value is -1.90. The van der Waals surface area contributed by atoms with Crippen LogP contribution in [0.15, 0.2) is 47.6 Å². The van der Waals surface area contributed by atoms with Crippen molar-refractivity contribution in [1.29, 1.82) is 0 Å². The quantitative estimate of drug-likeness (QED) is 0.411. The Morgan fingerprint density at radius 2 is 1.67 bits per heavy atom. The maximum absolute atomic E-state index is 12.9. The number of aromatic nitrogens is 1. The number of aliphatic imine (C=N–C) groups is 1. The van der Waals surface area contributed by atoms with Crippen LogP contribution in [0.1, 0.15) is 5.56 Å². The average Bonchev–Trinajstić information content (AvgIpc) is 2.51. The molecule has 0 atom stereocenters. The van der Waals surface area contributed by atoms with Crippen LogP contribution in [0, 0.1) is 5.82 Å². The van der Waals surface area contributed by atoms with Gasteiger partial charge in [0, 0.05) is 40.5 Å². The molecule has 0 bridgehead atoms. The molecule has 130 valence electrons. The van der Waals surface area contributed by atoms with Gasteiger partial charge in [-0.2, -0.15) is 0 Å². The summed E-state index contributed by atoms with van der Waals surface area (Å²) in [5.74, 6) is 1.60. The Balaban J connectivity index is 0.00000288. The Morgan fingerprint density at radius 3 is 2.17 bits per heavy atom. The molecular formula is C17H22FIN4O. The minimum absolute atomic E-state index is 0. The van der Waals surface area contributed by atoms with Gasteiger partial charge in [0.2, 0.25) is 5.88 Å². The van der Waals surface area contributed by atoms with E-state index in [0.29, 0.717) is 18.2 Å². The van der Waals surface area contributed by atoms with E-state index in [-0.39, 0.29) is 29.8 Å². The molecule has 1 heterocycles. The van der Waals surface area contributed by atoms with Crippen molar-refractivity contribution in [2.45, 2.75) is 6.54 Å². The molecule has 0 fully saturated rings. The molecule has 2 rings (SSSR count). The van der Waals surface area contributed by atoms with E-state index < -0.39 is 0 Å². The van der Waals surface area contributed by atoms with Gasteiger partial charge in [0.25, 0.3) is 0 Å². The molecule has 0 aliphatic rings. The highest BCUT2D eigenvalue weighted by molar-refractivity contribution is 14.0. The molecule has 5 nitrogen and oxygen atoms in total. The van der Waals surface area contributed by atoms with Crippen molar-refractivity contribution in [3.8, 4) is 11.6 Å². The van der Waals surface area contributed by atoms with Crippen LogP contribution in [0.25, 0.3) is 0 Å². The van der Waals surface area contributed by atoms with Gasteiger partial charge in [0.15, 0.2) is 5.96 Å². The highest BCUT2D eigenvalue weighted by Gasteiger charge is 2.04. The van der Waals surface area contributed by atoms with Crippen LogP contribution in [0.2, 0.25) is 0 Å². The lowest BCUT2D eigenvalue weighted by Gasteiger charge is -2.22. The molecule has 0 N–H and O–H groups in total. The molecular weight excluding hydrogens is 422 g/mol. The molecule has 0 saturated carbocycles. The minimum Gasteiger partial charge on any atom is -0.439 e. The van der Waals surface area contributed by atoms with E-state index in [4.69, 9.17) is 4.74 Å². The van der Waals surface area contributed by atoms with Crippen LogP contribution in [-0.4, -0.2) is 48.9 Å². The number of hydrogen-bond donors (Lipinski definition) is 0. The summed E-state index contributed by atoms with van der Waals surface area (Å²) >= 11 is 0. The largest absolute Gasteiger partial charge is 0.439 e. The molecule has 1 aromatic heterocycles. The third-order valence-corrected chi connectivity index (χ3v) is 3.04. The fraction of sp³-hybridized carbons (Fsp3) is 0.294. The van der Waals surface area contributed by atoms with Gasteiger partial charge in [-0.3, -0.25) is 0 Å². The predicted octanol–water partition coefficient (Wildman–Crippen LogP) is 3.61. The third kappa shape index (κ3) is 5.95. The first-order valence-electron chi connectivity index (χ1n) is 7.23. The third-order valence-electron chi connectivity index (χ3n) is 3.04. The summed E-state index contributed by atoms with van der Waals surface area (Å²) in [5, 5.41) is 0. The van der Waals surface area contributed by atoms with E-state index in [1.807, 2.05) is 44.1 Å². The smallest absolute Gasteiger partial charge is 0.219 e. The fourth-order valence-electron chi connectivity index (χ4n) is 2.03. The highest BCUT2D eigenvalue weighted by Crippen LogP contribution is 2.19. The molecule has 1 aromatic carbocycles. The molecule has 0 spiro atoms. The SMILES string of the molecule is CN(C)C(=NCc1ccc(Oc2ccc(F)cc2)nc1)N(C)C.I. The molecule has 0 aliphatic heterocycles. The zero-order chi connectivity index (χ0) is 16.8. The number of guanidine groups is 1. The van der Waals surface area contributed by atoms with E-state index in [1.54, 1.807) is 24.4 Å². The lowest BCUT2D eigenvalue weighted by molar-refractivity contribution is 0.460. The Labute approximate surface area is 159 Å². The van der Waals surface area contributed by atoms with Gasteiger partial charge in [0.1, 0.15) is 11.6 Å². The standard InChI is InChI=1S/C17H21FN4O.HI/c1-21(2)17(22(3)4)20-12-13-5-10-16(19-11-13)23-15-8-6-14(18)7-9-15;/h5-11H,12H2,1-4H3;1H. The predicted molar refractivity (Wildman–Crippen MR) is 105 cm³/mol. The normalized spacial score (nSPS) is 9.71. The monoisotopic (exact) mass is 444 g/mol. The zero-order valence-corrected chi connectivity index (χ0v) is 16.6. The van der Waals surface area contributed by atoms with Gasteiger partial charge in [-0.1, -0.05) is 6.07 Å². The summed E-state index contributed by atoms with van der Waals surface area (Å²) < 4.78 is 18.4. The van der Waals surface area contributed by atoms with Crippen LogP contribution < -0.4 is 4.74 Å². The van der Waals surface area contributed by atoms with Gasteiger partial charge in [0.05, 0.1) is 6.54 Å². The van der Waals surface area contributed by atoms with Crippen LogP contribution in [0.4, 0.5) is 4.39 Å². The second kappa shape index (κ2) is 9.41. The highest BCUT2D eigenvalue weighted by atomic mass is 127. The van der Waals surface area contributed by atoms with Gasteiger partial charge >= 0.3 is 0 Å². The van der Waals surface area contributed by atoms with Crippen LogP contribution in [-0.2, 0) is 6.54 Å². The van der Waals surface area contributed by atoms with Crippen LogP contribution in [0.3, 0.4) is 0 Å². The van der Waals surface area contributed by atoms with Gasteiger partial charge in [-0.05, 0) is 29.8 Å². The van der Waals surface area contributed by atoms with Crippen LogP contribution in [0.5, 0.6) is 11.6 Å². The second-order valence-corrected chi connectivity index (χ2v) is 5.47. The molecule has 7 heteroatoms. The average molecular weight is 444 g/mol. The van der Waals surface area contributed by atoms with Gasteiger partial charge in [-0.25, -0.2) is 14.4 Å². The Morgan fingerprint density at radius 1 is 1.04 bits per heavy atom. The number of ether oxygens (including phenoxy) is 1. The minimum atomic E-state index is -0.295.